The van der Waals surface area contributed by atoms with Crippen LogP contribution in [-0.4, -0.2) is 21.6 Å². The van der Waals surface area contributed by atoms with Gasteiger partial charge in [-0.15, -0.1) is 0 Å². The van der Waals surface area contributed by atoms with Crippen molar-refractivity contribution in [3.63, 3.8) is 0 Å². The van der Waals surface area contributed by atoms with Crippen LogP contribution in [0.3, 0.4) is 0 Å². The molecule has 1 heterocycles. The van der Waals surface area contributed by atoms with Crippen LogP contribution in [0.4, 0.5) is 11.5 Å². The van der Waals surface area contributed by atoms with E-state index in [1.54, 1.807) is 36.0 Å². The third-order valence-corrected chi connectivity index (χ3v) is 4.77. The van der Waals surface area contributed by atoms with Crippen LogP contribution in [0, 0.1) is 0 Å². The number of aryl methyl sites for hydroxylation is 2. The highest BCUT2D eigenvalue weighted by molar-refractivity contribution is 9.10. The van der Waals surface area contributed by atoms with E-state index in [1.807, 2.05) is 37.3 Å². The first kappa shape index (κ1) is 19.8. The molecular formula is C21H21BrN4O2. The molecule has 28 heavy (non-hydrogen) atoms. The maximum atomic E-state index is 12.3. The Morgan fingerprint density at radius 2 is 1.71 bits per heavy atom. The average Bonchev–Trinajstić information content (AvgIpc) is 3.03. The van der Waals surface area contributed by atoms with Gasteiger partial charge >= 0.3 is 0 Å². The van der Waals surface area contributed by atoms with Crippen molar-refractivity contribution in [1.82, 2.24) is 9.78 Å². The van der Waals surface area contributed by atoms with Crippen LogP contribution in [0.25, 0.3) is 0 Å². The van der Waals surface area contributed by atoms with Crippen LogP contribution in [0.1, 0.15) is 28.5 Å². The molecule has 0 bridgehead atoms. The number of anilines is 2. The van der Waals surface area contributed by atoms with Crippen LogP contribution in [0.5, 0.6) is 0 Å². The van der Waals surface area contributed by atoms with Crippen molar-refractivity contribution >= 4 is 39.2 Å². The number of aromatic nitrogens is 2. The van der Waals surface area contributed by atoms with Crippen molar-refractivity contribution < 1.29 is 9.59 Å². The molecule has 0 atom stereocenters. The maximum absolute atomic E-state index is 12.3. The summed E-state index contributed by atoms with van der Waals surface area (Å²) in [4.78, 5) is 24.5. The van der Waals surface area contributed by atoms with Gasteiger partial charge < -0.3 is 10.6 Å². The molecule has 0 radical (unpaired) electrons. The number of nitrogens with zero attached hydrogens (tertiary/aromatic N) is 2. The fourth-order valence-corrected chi connectivity index (χ4v) is 2.96. The third-order valence-electron chi connectivity index (χ3n) is 4.24. The largest absolute Gasteiger partial charge is 0.322 e. The molecule has 0 fully saturated rings. The molecule has 0 aliphatic carbocycles. The van der Waals surface area contributed by atoms with E-state index in [-0.39, 0.29) is 18.2 Å². The van der Waals surface area contributed by atoms with Gasteiger partial charge in [0.2, 0.25) is 5.91 Å². The van der Waals surface area contributed by atoms with E-state index in [0.717, 1.165) is 22.2 Å². The lowest BCUT2D eigenvalue weighted by atomic mass is 10.1. The first-order chi connectivity index (χ1) is 13.4. The lowest BCUT2D eigenvalue weighted by Gasteiger charge is -2.08. The molecule has 2 N–H and O–H groups in total. The summed E-state index contributed by atoms with van der Waals surface area (Å²) in [5.74, 6) is 0.387. The van der Waals surface area contributed by atoms with Gasteiger partial charge in [-0.1, -0.05) is 35.0 Å². The molecule has 3 rings (SSSR count). The summed E-state index contributed by atoms with van der Waals surface area (Å²) in [7, 11) is 1.80. The van der Waals surface area contributed by atoms with E-state index in [2.05, 4.69) is 31.7 Å². The van der Waals surface area contributed by atoms with Gasteiger partial charge in [-0.2, -0.15) is 5.10 Å². The number of carbonyl (C=O) groups excluding carboxylic acids is 2. The Balaban J connectivity index is 1.57. The summed E-state index contributed by atoms with van der Waals surface area (Å²) < 4.78 is 2.58. The van der Waals surface area contributed by atoms with Crippen molar-refractivity contribution in [2.24, 2.45) is 7.05 Å². The molecule has 0 unspecified atom stereocenters. The first-order valence-electron chi connectivity index (χ1n) is 8.93. The van der Waals surface area contributed by atoms with E-state index in [4.69, 9.17) is 0 Å². The summed E-state index contributed by atoms with van der Waals surface area (Å²) in [5, 5.41) is 10.0. The van der Waals surface area contributed by atoms with Gasteiger partial charge in [0.15, 0.2) is 0 Å². The minimum atomic E-state index is -0.180. The molecule has 2 amide bonds. The van der Waals surface area contributed by atoms with Crippen LogP contribution >= 0.6 is 15.9 Å². The second-order valence-electron chi connectivity index (χ2n) is 6.38. The zero-order chi connectivity index (χ0) is 20.1. The topological polar surface area (TPSA) is 76.0 Å². The van der Waals surface area contributed by atoms with Gasteiger partial charge in [0.25, 0.3) is 5.91 Å². The molecule has 1 aromatic heterocycles. The molecule has 2 aromatic carbocycles. The van der Waals surface area contributed by atoms with Gasteiger partial charge in [-0.05, 0) is 48.4 Å². The summed E-state index contributed by atoms with van der Waals surface area (Å²) in [6.45, 7) is 2.02. The van der Waals surface area contributed by atoms with Gasteiger partial charge in [0, 0.05) is 28.8 Å². The Morgan fingerprint density at radius 3 is 2.32 bits per heavy atom. The molecule has 0 aliphatic rings. The quantitative estimate of drug-likeness (QED) is 0.603. The number of amides is 2. The number of benzene rings is 2. The highest BCUT2D eigenvalue weighted by atomic mass is 79.9. The van der Waals surface area contributed by atoms with Gasteiger partial charge in [0.05, 0.1) is 12.1 Å². The van der Waals surface area contributed by atoms with Crippen LogP contribution < -0.4 is 10.6 Å². The fourth-order valence-electron chi connectivity index (χ4n) is 2.70. The van der Waals surface area contributed by atoms with Gasteiger partial charge in [-0.3, -0.25) is 14.3 Å². The molecule has 0 saturated heterocycles. The highest BCUT2D eigenvalue weighted by Crippen LogP contribution is 2.15. The van der Waals surface area contributed by atoms with E-state index >= 15 is 0 Å². The van der Waals surface area contributed by atoms with Crippen LogP contribution in [-0.2, 0) is 24.7 Å². The lowest BCUT2D eigenvalue weighted by molar-refractivity contribution is -0.115. The molecular weight excluding hydrogens is 420 g/mol. The predicted octanol–water partition coefficient (Wildman–Crippen LogP) is 4.18. The highest BCUT2D eigenvalue weighted by Gasteiger charge is 2.10. The smallest absolute Gasteiger partial charge is 0.255 e. The predicted molar refractivity (Wildman–Crippen MR) is 113 cm³/mol. The van der Waals surface area contributed by atoms with E-state index in [0.29, 0.717) is 17.1 Å². The SMILES string of the molecule is CCc1cc(NC(=O)Cc2ccc(NC(=O)c3ccc(Br)cc3)cc2)n(C)n1. The number of hydrogen-bond acceptors (Lipinski definition) is 3. The van der Waals surface area contributed by atoms with E-state index in [1.165, 1.54) is 0 Å². The van der Waals surface area contributed by atoms with Crippen molar-refractivity contribution in [2.75, 3.05) is 10.6 Å². The Bertz CT molecular complexity index is 979. The summed E-state index contributed by atoms with van der Waals surface area (Å²) in [6, 6.07) is 16.3. The third kappa shape index (κ3) is 5.07. The van der Waals surface area contributed by atoms with Crippen molar-refractivity contribution in [3.8, 4) is 0 Å². The lowest BCUT2D eigenvalue weighted by Crippen LogP contribution is -2.16. The number of nitrogens with one attached hydrogen (secondary N) is 2. The van der Waals surface area contributed by atoms with E-state index in [9.17, 15) is 9.59 Å². The first-order valence-corrected chi connectivity index (χ1v) is 9.72. The zero-order valence-electron chi connectivity index (χ0n) is 15.7. The van der Waals surface area contributed by atoms with Crippen molar-refractivity contribution in [2.45, 2.75) is 19.8 Å². The zero-order valence-corrected chi connectivity index (χ0v) is 17.3. The van der Waals surface area contributed by atoms with E-state index < -0.39 is 0 Å². The Labute approximate surface area is 172 Å². The number of rotatable bonds is 6. The molecule has 144 valence electrons. The molecule has 0 spiro atoms. The molecule has 6 nitrogen and oxygen atoms in total. The van der Waals surface area contributed by atoms with Crippen molar-refractivity contribution in [1.29, 1.82) is 0 Å². The monoisotopic (exact) mass is 440 g/mol. The standard InChI is InChI=1S/C21H21BrN4O2/c1-3-17-13-19(26(2)25-17)24-20(27)12-14-4-10-18(11-5-14)23-21(28)15-6-8-16(22)9-7-15/h4-11,13H,3,12H2,1-2H3,(H,23,28)(H,24,27). The molecule has 0 saturated carbocycles. The number of carbonyl (C=O) groups is 2. The average molecular weight is 441 g/mol. The molecule has 3 aromatic rings. The van der Waals surface area contributed by atoms with Crippen molar-refractivity contribution in [3.05, 3.63) is 75.9 Å². The number of halogens is 1. The molecule has 0 aliphatic heterocycles. The Kier molecular flexibility index (Phi) is 6.26. The van der Waals surface area contributed by atoms with Gasteiger partial charge in [0.1, 0.15) is 5.82 Å². The number of hydrogen-bond donors (Lipinski definition) is 2. The minimum absolute atomic E-state index is 0.114. The minimum Gasteiger partial charge on any atom is -0.322 e. The van der Waals surface area contributed by atoms with Crippen LogP contribution in [0.2, 0.25) is 0 Å². The Morgan fingerprint density at radius 1 is 1.04 bits per heavy atom. The summed E-state index contributed by atoms with van der Waals surface area (Å²) >= 11 is 3.35. The van der Waals surface area contributed by atoms with Gasteiger partial charge in [-0.25, -0.2) is 0 Å². The maximum Gasteiger partial charge on any atom is 0.255 e. The fraction of sp³-hybridized carbons (Fsp3) is 0.190. The normalized spacial score (nSPS) is 10.5. The Hall–Kier alpha value is -2.93. The summed E-state index contributed by atoms with van der Waals surface area (Å²) in [6.07, 6.45) is 1.06. The second kappa shape index (κ2) is 8.84. The second-order valence-corrected chi connectivity index (χ2v) is 7.30. The van der Waals surface area contributed by atoms with Crippen LogP contribution in [0.15, 0.2) is 59.1 Å². The molecule has 7 heteroatoms. The summed E-state index contributed by atoms with van der Waals surface area (Å²) in [5.41, 5.74) is 3.05.